The molecule has 0 amide bonds. The molecule has 0 bridgehead atoms. The quantitative estimate of drug-likeness (QED) is 0.715. The summed E-state index contributed by atoms with van der Waals surface area (Å²) >= 11 is 4.38. The van der Waals surface area contributed by atoms with Gasteiger partial charge >= 0.3 is 5.97 Å². The summed E-state index contributed by atoms with van der Waals surface area (Å²) in [5.41, 5.74) is 0.850. The van der Waals surface area contributed by atoms with Crippen LogP contribution in [0, 0.1) is 6.92 Å². The number of sulfonamides is 1. The van der Waals surface area contributed by atoms with E-state index in [1.54, 1.807) is 13.0 Å². The van der Waals surface area contributed by atoms with Crippen LogP contribution in [0.25, 0.3) is 0 Å². The minimum Gasteiger partial charge on any atom is -0.480 e. The maximum atomic E-state index is 11.8. The van der Waals surface area contributed by atoms with Crippen LogP contribution in [-0.2, 0) is 19.6 Å². The molecule has 102 valence electrons. The van der Waals surface area contributed by atoms with Gasteiger partial charge in [0, 0.05) is 6.54 Å². The number of hydrogen-bond acceptors (Lipinski definition) is 5. The van der Waals surface area contributed by atoms with Crippen molar-refractivity contribution in [3.63, 3.8) is 0 Å². The molecule has 1 heterocycles. The van der Waals surface area contributed by atoms with E-state index in [9.17, 15) is 13.2 Å². The van der Waals surface area contributed by atoms with E-state index in [-0.39, 0.29) is 17.4 Å². The zero-order chi connectivity index (χ0) is 13.8. The van der Waals surface area contributed by atoms with Gasteiger partial charge in [-0.05, 0) is 34.5 Å². The highest BCUT2D eigenvalue weighted by molar-refractivity contribution is 9.11. The molecule has 0 radical (unpaired) electrons. The summed E-state index contributed by atoms with van der Waals surface area (Å²) in [5, 5.41) is 8.32. The normalized spacial score (nSPS) is 11.7. The fraction of sp³-hybridized carbons (Fsp3) is 0.444. The number of nitrogens with one attached hydrogen (secondary N) is 1. The van der Waals surface area contributed by atoms with Crippen molar-refractivity contribution in [3.8, 4) is 0 Å². The molecule has 1 aromatic rings. The number of carbonyl (C=O) groups is 1. The molecule has 0 saturated carbocycles. The predicted molar refractivity (Wildman–Crippen MR) is 70.4 cm³/mol. The summed E-state index contributed by atoms with van der Waals surface area (Å²) in [4.78, 5) is 10.2. The summed E-state index contributed by atoms with van der Waals surface area (Å²) in [6.45, 7) is 1.40. The zero-order valence-electron chi connectivity index (χ0n) is 9.47. The first kappa shape index (κ1) is 15.6. The monoisotopic (exact) mass is 357 g/mol. The third-order valence-corrected chi connectivity index (χ3v) is 5.93. The van der Waals surface area contributed by atoms with Crippen LogP contribution < -0.4 is 4.72 Å². The molecule has 9 heteroatoms. The summed E-state index contributed by atoms with van der Waals surface area (Å²) in [6, 6.07) is 1.56. The summed E-state index contributed by atoms with van der Waals surface area (Å²) < 4.78 is 31.6. The lowest BCUT2D eigenvalue weighted by atomic mass is 10.4. The number of aryl methyl sites for hydroxylation is 1. The third-order valence-electron chi connectivity index (χ3n) is 1.86. The van der Waals surface area contributed by atoms with Gasteiger partial charge in [0.25, 0.3) is 0 Å². The van der Waals surface area contributed by atoms with E-state index in [1.165, 1.54) is 0 Å². The summed E-state index contributed by atoms with van der Waals surface area (Å²) in [5.74, 6) is -1.09. The smallest absolute Gasteiger partial charge is 0.329 e. The molecule has 0 spiro atoms. The van der Waals surface area contributed by atoms with Gasteiger partial charge in [-0.15, -0.1) is 11.3 Å². The Balaban J connectivity index is 2.48. The van der Waals surface area contributed by atoms with Crippen LogP contribution in [0.5, 0.6) is 0 Å². The van der Waals surface area contributed by atoms with Crippen LogP contribution in [0.2, 0.25) is 0 Å². The number of thiophene rings is 1. The van der Waals surface area contributed by atoms with Crippen molar-refractivity contribution in [2.24, 2.45) is 0 Å². The van der Waals surface area contributed by atoms with Crippen LogP contribution in [0.1, 0.15) is 5.56 Å². The van der Waals surface area contributed by atoms with Gasteiger partial charge in [0.05, 0.1) is 10.4 Å². The molecule has 0 fully saturated rings. The molecule has 1 aromatic heterocycles. The van der Waals surface area contributed by atoms with Gasteiger partial charge in [0.2, 0.25) is 10.0 Å². The van der Waals surface area contributed by atoms with E-state index in [1.807, 2.05) is 0 Å². The largest absolute Gasteiger partial charge is 0.480 e. The Morgan fingerprint density at radius 3 is 2.78 bits per heavy atom. The lowest BCUT2D eigenvalue weighted by molar-refractivity contribution is -0.142. The standard InChI is InChI=1S/C9H12BrNO5S2/c1-6-4-8(17-9(6)10)18(14,15)11-2-3-16-5-7(12)13/h4,11H,2-3,5H2,1H3,(H,12,13). The molecule has 18 heavy (non-hydrogen) atoms. The van der Waals surface area contributed by atoms with Crippen molar-refractivity contribution in [1.82, 2.24) is 4.72 Å². The minimum absolute atomic E-state index is 0.0110. The van der Waals surface area contributed by atoms with Crippen LogP contribution >= 0.6 is 27.3 Å². The van der Waals surface area contributed by atoms with Crippen molar-refractivity contribution >= 4 is 43.3 Å². The SMILES string of the molecule is Cc1cc(S(=O)(=O)NCCOCC(=O)O)sc1Br. The van der Waals surface area contributed by atoms with Gasteiger partial charge in [0.15, 0.2) is 0 Å². The summed E-state index contributed by atoms with van der Waals surface area (Å²) in [7, 11) is -3.55. The van der Waals surface area contributed by atoms with E-state index < -0.39 is 22.6 Å². The molecule has 0 aliphatic carbocycles. The molecular weight excluding hydrogens is 346 g/mol. The number of rotatable bonds is 7. The second-order valence-electron chi connectivity index (χ2n) is 3.37. The van der Waals surface area contributed by atoms with Gasteiger partial charge in [-0.3, -0.25) is 0 Å². The molecule has 1 rings (SSSR count). The van der Waals surface area contributed by atoms with Crippen molar-refractivity contribution in [3.05, 3.63) is 15.4 Å². The first-order chi connectivity index (χ1) is 8.33. The molecule has 0 saturated heterocycles. The van der Waals surface area contributed by atoms with E-state index in [4.69, 9.17) is 9.84 Å². The Kier molecular flexibility index (Phi) is 5.73. The number of carboxylic acids is 1. The van der Waals surface area contributed by atoms with Crippen molar-refractivity contribution < 1.29 is 23.1 Å². The Hall–Kier alpha value is -0.480. The predicted octanol–water partition coefficient (Wildman–Crippen LogP) is 1.20. The fourth-order valence-corrected chi connectivity index (χ4v) is 4.33. The number of ether oxygens (including phenoxy) is 1. The first-order valence-electron chi connectivity index (χ1n) is 4.88. The molecular formula is C9H12BrNO5S2. The molecule has 2 N–H and O–H groups in total. The average molecular weight is 358 g/mol. The van der Waals surface area contributed by atoms with E-state index >= 15 is 0 Å². The van der Waals surface area contributed by atoms with Crippen molar-refractivity contribution in [1.29, 1.82) is 0 Å². The molecule has 0 aromatic carbocycles. The number of halogens is 1. The van der Waals surface area contributed by atoms with Gasteiger partial charge < -0.3 is 9.84 Å². The second kappa shape index (κ2) is 6.62. The van der Waals surface area contributed by atoms with Crippen molar-refractivity contribution in [2.45, 2.75) is 11.1 Å². The van der Waals surface area contributed by atoms with Crippen LogP contribution in [0.15, 0.2) is 14.1 Å². The average Bonchev–Trinajstić information content (AvgIpc) is 2.59. The van der Waals surface area contributed by atoms with E-state index in [0.29, 0.717) is 0 Å². The first-order valence-corrected chi connectivity index (χ1v) is 7.97. The third kappa shape index (κ3) is 4.65. The topological polar surface area (TPSA) is 92.7 Å². The Morgan fingerprint density at radius 1 is 1.61 bits per heavy atom. The highest BCUT2D eigenvalue weighted by Crippen LogP contribution is 2.30. The van der Waals surface area contributed by atoms with Crippen molar-refractivity contribution in [2.75, 3.05) is 19.8 Å². The Morgan fingerprint density at radius 2 is 2.28 bits per heavy atom. The van der Waals surface area contributed by atoms with Gasteiger partial charge in [-0.1, -0.05) is 0 Å². The lowest BCUT2D eigenvalue weighted by Gasteiger charge is -2.04. The fourth-order valence-electron chi connectivity index (χ4n) is 1.04. The molecule has 0 unspecified atom stereocenters. The van der Waals surface area contributed by atoms with Gasteiger partial charge in [-0.2, -0.15) is 0 Å². The van der Waals surface area contributed by atoms with E-state index in [0.717, 1.165) is 20.7 Å². The zero-order valence-corrected chi connectivity index (χ0v) is 12.7. The van der Waals surface area contributed by atoms with E-state index in [2.05, 4.69) is 20.7 Å². The van der Waals surface area contributed by atoms with Gasteiger partial charge in [-0.25, -0.2) is 17.9 Å². The molecule has 0 atom stereocenters. The maximum absolute atomic E-state index is 11.8. The molecule has 6 nitrogen and oxygen atoms in total. The Labute approximate surface area is 117 Å². The maximum Gasteiger partial charge on any atom is 0.329 e. The Bertz CT molecular complexity index is 506. The highest BCUT2D eigenvalue weighted by Gasteiger charge is 2.17. The second-order valence-corrected chi connectivity index (χ2v) is 7.73. The molecule has 0 aliphatic rings. The number of carboxylic acid groups (broad SMARTS) is 1. The lowest BCUT2D eigenvalue weighted by Crippen LogP contribution is -2.27. The van der Waals surface area contributed by atoms with Crippen LogP contribution in [-0.4, -0.2) is 39.3 Å². The summed E-state index contributed by atoms with van der Waals surface area (Å²) in [6.07, 6.45) is 0. The highest BCUT2D eigenvalue weighted by atomic mass is 79.9. The number of aliphatic carboxylic acids is 1. The molecule has 0 aliphatic heterocycles. The minimum atomic E-state index is -3.55. The van der Waals surface area contributed by atoms with Crippen LogP contribution in [0.3, 0.4) is 0 Å². The number of hydrogen-bond donors (Lipinski definition) is 2. The van der Waals surface area contributed by atoms with Crippen LogP contribution in [0.4, 0.5) is 0 Å². The van der Waals surface area contributed by atoms with Gasteiger partial charge in [0.1, 0.15) is 10.8 Å².